The maximum absolute atomic E-state index is 2.55. The summed E-state index contributed by atoms with van der Waals surface area (Å²) in [5, 5.41) is 3.86. The molecule has 9 aromatic rings. The van der Waals surface area contributed by atoms with Crippen molar-refractivity contribution in [2.75, 3.05) is 0 Å². The molecule has 2 heteroatoms. The summed E-state index contributed by atoms with van der Waals surface area (Å²) in [4.78, 5) is 0. The average molecular weight is 639 g/mol. The van der Waals surface area contributed by atoms with Crippen LogP contribution >= 0.6 is 0 Å². The van der Waals surface area contributed by atoms with Crippen LogP contribution in [0.15, 0.2) is 176 Å². The Balaban J connectivity index is 1.25. The van der Waals surface area contributed by atoms with Crippen LogP contribution in [0.5, 0.6) is 0 Å². The molecule has 0 bridgehead atoms. The number of hydrogen-bond donors (Lipinski definition) is 0. The van der Waals surface area contributed by atoms with E-state index in [1.165, 1.54) is 88.7 Å². The predicted octanol–water partition coefficient (Wildman–Crippen LogP) is 12.7. The molecule has 0 aliphatic heterocycles. The van der Waals surface area contributed by atoms with Gasteiger partial charge in [0.2, 0.25) is 0 Å². The molecular weight excluding hydrogens is 605 g/mol. The Bertz CT molecular complexity index is 2740. The number of fused-ring (bicyclic) bond motifs is 6. The zero-order chi connectivity index (χ0) is 33.0. The number of allylic oxidation sites excluding steroid dienone is 1. The fourth-order valence-corrected chi connectivity index (χ4v) is 8.33. The first-order valence-corrected chi connectivity index (χ1v) is 17.5. The smallest absolute Gasteiger partial charge is 0.0547 e. The van der Waals surface area contributed by atoms with E-state index in [0.29, 0.717) is 0 Å². The number of para-hydroxylation sites is 3. The quantitative estimate of drug-likeness (QED) is 0.178. The molecule has 0 spiro atoms. The van der Waals surface area contributed by atoms with Gasteiger partial charge in [0, 0.05) is 38.5 Å². The highest BCUT2D eigenvalue weighted by molar-refractivity contribution is 6.16. The van der Waals surface area contributed by atoms with Gasteiger partial charge in [-0.2, -0.15) is 0 Å². The maximum Gasteiger partial charge on any atom is 0.0547 e. The summed E-state index contributed by atoms with van der Waals surface area (Å²) in [6.07, 6.45) is 6.72. The standard InChI is InChI=1S/C48H34N2/c1-3-17-33(18-4-1)35-25-15-31-45-47(35)39-23-9-13-29-43(39)49(45)41-27-11-7-21-37(41)38-22-8-12-28-42(38)50-44-30-14-10-24-40(44)48-36(26-16-32-46(48)50)34-19-5-2-6-20-34/h1-13,15-29,31-32H,14,30H2. The van der Waals surface area contributed by atoms with Gasteiger partial charge in [0.1, 0.15) is 0 Å². The number of hydrogen-bond acceptors (Lipinski definition) is 0. The first kappa shape index (κ1) is 28.6. The first-order valence-electron chi connectivity index (χ1n) is 17.5. The van der Waals surface area contributed by atoms with Gasteiger partial charge in [0.25, 0.3) is 0 Å². The van der Waals surface area contributed by atoms with Crippen molar-refractivity contribution in [1.29, 1.82) is 0 Å². The molecule has 236 valence electrons. The minimum Gasteiger partial charge on any atom is -0.312 e. The van der Waals surface area contributed by atoms with E-state index in [9.17, 15) is 0 Å². The summed E-state index contributed by atoms with van der Waals surface area (Å²) >= 11 is 0. The van der Waals surface area contributed by atoms with Gasteiger partial charge in [-0.05, 0) is 65.4 Å². The van der Waals surface area contributed by atoms with Crippen molar-refractivity contribution in [3.8, 4) is 44.8 Å². The molecule has 1 aliphatic rings. The van der Waals surface area contributed by atoms with Gasteiger partial charge in [-0.1, -0.05) is 152 Å². The summed E-state index contributed by atoms with van der Waals surface area (Å²) in [6, 6.07) is 61.9. The predicted molar refractivity (Wildman–Crippen MR) is 211 cm³/mol. The molecule has 1 aliphatic carbocycles. The molecule has 0 amide bonds. The summed E-state index contributed by atoms with van der Waals surface area (Å²) in [6.45, 7) is 0. The van der Waals surface area contributed by atoms with Crippen molar-refractivity contribution in [3.05, 3.63) is 187 Å². The van der Waals surface area contributed by atoms with Gasteiger partial charge in [0.05, 0.1) is 27.9 Å². The summed E-state index contributed by atoms with van der Waals surface area (Å²) in [7, 11) is 0. The van der Waals surface area contributed by atoms with Gasteiger partial charge in [-0.3, -0.25) is 0 Å². The molecule has 0 fully saturated rings. The molecule has 0 N–H and O–H groups in total. The molecule has 0 saturated heterocycles. The van der Waals surface area contributed by atoms with Gasteiger partial charge >= 0.3 is 0 Å². The van der Waals surface area contributed by atoms with Crippen LogP contribution in [0.25, 0.3) is 83.5 Å². The van der Waals surface area contributed by atoms with Crippen molar-refractivity contribution < 1.29 is 0 Å². The largest absolute Gasteiger partial charge is 0.312 e. The molecule has 50 heavy (non-hydrogen) atoms. The van der Waals surface area contributed by atoms with Crippen LogP contribution in [0.4, 0.5) is 0 Å². The molecule has 10 rings (SSSR count). The van der Waals surface area contributed by atoms with Crippen LogP contribution in [-0.2, 0) is 6.42 Å². The lowest BCUT2D eigenvalue weighted by Crippen LogP contribution is -2.05. The van der Waals surface area contributed by atoms with E-state index in [4.69, 9.17) is 0 Å². The van der Waals surface area contributed by atoms with Gasteiger partial charge in [-0.25, -0.2) is 0 Å². The molecular formula is C48H34N2. The number of aromatic nitrogens is 2. The Hall–Kier alpha value is -6.38. The molecule has 0 saturated carbocycles. The van der Waals surface area contributed by atoms with E-state index < -0.39 is 0 Å². The normalized spacial score (nSPS) is 12.6. The summed E-state index contributed by atoms with van der Waals surface area (Å²) in [5.41, 5.74) is 16.2. The van der Waals surface area contributed by atoms with Crippen LogP contribution in [0, 0.1) is 0 Å². The van der Waals surface area contributed by atoms with Crippen LogP contribution < -0.4 is 0 Å². The van der Waals surface area contributed by atoms with Crippen molar-refractivity contribution in [2.24, 2.45) is 0 Å². The van der Waals surface area contributed by atoms with Crippen LogP contribution in [0.1, 0.15) is 17.7 Å². The van der Waals surface area contributed by atoms with E-state index >= 15 is 0 Å². The molecule has 2 heterocycles. The highest BCUT2D eigenvalue weighted by Gasteiger charge is 2.24. The third-order valence-electron chi connectivity index (χ3n) is 10.4. The van der Waals surface area contributed by atoms with Crippen LogP contribution in [0.3, 0.4) is 0 Å². The molecule has 2 aromatic heterocycles. The Morgan fingerprint density at radius 2 is 0.880 bits per heavy atom. The summed E-state index contributed by atoms with van der Waals surface area (Å²) < 4.78 is 5.02. The second kappa shape index (κ2) is 11.6. The topological polar surface area (TPSA) is 9.86 Å². The zero-order valence-electron chi connectivity index (χ0n) is 27.6. The number of rotatable bonds is 5. The first-order chi connectivity index (χ1) is 24.9. The van der Waals surface area contributed by atoms with Gasteiger partial charge in [-0.15, -0.1) is 0 Å². The fraction of sp³-hybridized carbons (Fsp3) is 0.0417. The highest BCUT2D eigenvalue weighted by atomic mass is 15.0. The number of benzene rings is 7. The Labute approximate surface area is 291 Å². The van der Waals surface area contributed by atoms with Crippen molar-refractivity contribution >= 4 is 38.8 Å². The van der Waals surface area contributed by atoms with E-state index in [0.717, 1.165) is 12.8 Å². The monoisotopic (exact) mass is 638 g/mol. The SMILES string of the molecule is C1=Cc2c(n(-c3ccccc3-c3ccccc3-n3c4ccccc4c4c(-c5ccccc5)cccc43)c3cccc(-c4ccccc4)c23)CC1. The Kier molecular flexibility index (Phi) is 6.67. The lowest BCUT2D eigenvalue weighted by atomic mass is 9.95. The maximum atomic E-state index is 2.55. The van der Waals surface area contributed by atoms with E-state index in [1.807, 2.05) is 0 Å². The lowest BCUT2D eigenvalue weighted by molar-refractivity contribution is 0.889. The second-order valence-corrected chi connectivity index (χ2v) is 13.2. The number of nitrogens with zero attached hydrogens (tertiary/aromatic N) is 2. The van der Waals surface area contributed by atoms with Crippen molar-refractivity contribution in [1.82, 2.24) is 9.13 Å². The Morgan fingerprint density at radius 1 is 0.380 bits per heavy atom. The van der Waals surface area contributed by atoms with Gasteiger partial charge < -0.3 is 9.13 Å². The molecule has 2 nitrogen and oxygen atoms in total. The fourth-order valence-electron chi connectivity index (χ4n) is 8.33. The Morgan fingerprint density at radius 3 is 1.56 bits per heavy atom. The molecule has 0 radical (unpaired) electrons. The van der Waals surface area contributed by atoms with Gasteiger partial charge in [0.15, 0.2) is 0 Å². The summed E-state index contributed by atoms with van der Waals surface area (Å²) in [5.74, 6) is 0. The second-order valence-electron chi connectivity index (χ2n) is 13.2. The lowest BCUT2D eigenvalue weighted by Gasteiger charge is -2.20. The van der Waals surface area contributed by atoms with Crippen LogP contribution in [0.2, 0.25) is 0 Å². The average Bonchev–Trinajstić information content (AvgIpc) is 3.72. The van der Waals surface area contributed by atoms with Crippen molar-refractivity contribution in [2.45, 2.75) is 12.8 Å². The van der Waals surface area contributed by atoms with E-state index in [-0.39, 0.29) is 0 Å². The zero-order valence-corrected chi connectivity index (χ0v) is 27.6. The van der Waals surface area contributed by atoms with Crippen LogP contribution in [-0.4, -0.2) is 9.13 Å². The highest BCUT2D eigenvalue weighted by Crippen LogP contribution is 2.44. The minimum absolute atomic E-state index is 1.000. The van der Waals surface area contributed by atoms with E-state index in [2.05, 4.69) is 191 Å². The third-order valence-corrected chi connectivity index (χ3v) is 10.4. The van der Waals surface area contributed by atoms with E-state index in [1.54, 1.807) is 0 Å². The minimum atomic E-state index is 1.000. The molecule has 0 atom stereocenters. The molecule has 7 aromatic carbocycles. The van der Waals surface area contributed by atoms with Crippen molar-refractivity contribution in [3.63, 3.8) is 0 Å². The molecule has 0 unspecified atom stereocenters. The third kappa shape index (κ3) is 4.35.